The highest BCUT2D eigenvalue weighted by Gasteiger charge is 2.42. The van der Waals surface area contributed by atoms with Gasteiger partial charge in [-0.2, -0.15) is 0 Å². The molecule has 6 heteroatoms. The molecule has 2 aliphatic heterocycles. The smallest absolute Gasteiger partial charge is 0.107 e. The van der Waals surface area contributed by atoms with Crippen LogP contribution >= 0.6 is 11.3 Å². The Morgan fingerprint density at radius 2 is 2.16 bits per heavy atom. The summed E-state index contributed by atoms with van der Waals surface area (Å²) in [5.41, 5.74) is 1.34. The molecule has 2 aliphatic rings. The van der Waals surface area contributed by atoms with Crippen LogP contribution in [0.2, 0.25) is 0 Å². The highest BCUT2D eigenvalue weighted by molar-refractivity contribution is 7.09. The standard InChI is InChI=1S/C19H25N3O2S/c1-2-6-20-16(3-1)13-23-14-17-11-19(15-24-17)4-8-22(9-5-19)12-18-21-7-10-25-18/h1-3,6-7,10,17H,4-5,8-9,11-15H2/t17-/m1/s1. The number of likely N-dealkylation sites (tertiary alicyclic amines) is 1. The van der Waals surface area contributed by atoms with Crippen LogP contribution in [0.15, 0.2) is 36.0 Å². The second-order valence-corrected chi connectivity index (χ2v) is 8.15. The van der Waals surface area contributed by atoms with Crippen LogP contribution in [0.5, 0.6) is 0 Å². The molecule has 5 nitrogen and oxygen atoms in total. The normalized spacial score (nSPS) is 23.3. The fourth-order valence-corrected chi connectivity index (χ4v) is 4.49. The van der Waals surface area contributed by atoms with Gasteiger partial charge in [0.15, 0.2) is 0 Å². The maximum Gasteiger partial charge on any atom is 0.107 e. The lowest BCUT2D eigenvalue weighted by Gasteiger charge is -2.38. The second kappa shape index (κ2) is 7.91. The van der Waals surface area contributed by atoms with Crippen molar-refractivity contribution in [3.63, 3.8) is 0 Å². The summed E-state index contributed by atoms with van der Waals surface area (Å²) < 4.78 is 11.9. The number of pyridine rings is 1. The molecule has 134 valence electrons. The van der Waals surface area contributed by atoms with Crippen LogP contribution in [0.3, 0.4) is 0 Å². The Hall–Kier alpha value is -1.34. The van der Waals surface area contributed by atoms with Crippen LogP contribution in [-0.4, -0.2) is 47.3 Å². The highest BCUT2D eigenvalue weighted by Crippen LogP contribution is 2.42. The highest BCUT2D eigenvalue weighted by atomic mass is 32.1. The molecule has 0 saturated carbocycles. The molecule has 0 aromatic carbocycles. The molecule has 2 aromatic rings. The number of hydrogen-bond donors (Lipinski definition) is 0. The second-order valence-electron chi connectivity index (χ2n) is 7.18. The lowest BCUT2D eigenvalue weighted by Crippen LogP contribution is -2.40. The first-order valence-electron chi connectivity index (χ1n) is 9.01. The molecular formula is C19H25N3O2S. The number of nitrogens with zero attached hydrogens (tertiary/aromatic N) is 3. The van der Waals surface area contributed by atoms with E-state index in [-0.39, 0.29) is 6.10 Å². The molecule has 25 heavy (non-hydrogen) atoms. The minimum Gasteiger partial charge on any atom is -0.375 e. The van der Waals surface area contributed by atoms with E-state index in [1.807, 2.05) is 24.4 Å². The molecule has 0 radical (unpaired) electrons. The number of aromatic nitrogens is 2. The molecule has 4 rings (SSSR count). The topological polar surface area (TPSA) is 47.5 Å². The Balaban J connectivity index is 1.20. The van der Waals surface area contributed by atoms with Crippen LogP contribution in [0.4, 0.5) is 0 Å². The van der Waals surface area contributed by atoms with Gasteiger partial charge in [-0.05, 0) is 49.9 Å². The molecule has 4 heterocycles. The Morgan fingerprint density at radius 3 is 2.92 bits per heavy atom. The Morgan fingerprint density at radius 1 is 1.24 bits per heavy atom. The quantitative estimate of drug-likeness (QED) is 0.793. The maximum atomic E-state index is 6.05. The zero-order valence-corrected chi connectivity index (χ0v) is 15.3. The van der Waals surface area contributed by atoms with Gasteiger partial charge in [0.05, 0.1) is 38.2 Å². The zero-order valence-electron chi connectivity index (χ0n) is 14.5. The molecule has 2 aromatic heterocycles. The van der Waals surface area contributed by atoms with Crippen LogP contribution in [0.25, 0.3) is 0 Å². The number of hydrogen-bond acceptors (Lipinski definition) is 6. The van der Waals surface area contributed by atoms with E-state index < -0.39 is 0 Å². The van der Waals surface area contributed by atoms with Gasteiger partial charge in [-0.1, -0.05) is 6.07 Å². The first-order valence-corrected chi connectivity index (χ1v) is 9.89. The van der Waals surface area contributed by atoms with Gasteiger partial charge in [-0.15, -0.1) is 11.3 Å². The number of thiazole rings is 1. The van der Waals surface area contributed by atoms with Crippen molar-refractivity contribution < 1.29 is 9.47 Å². The van der Waals surface area contributed by atoms with Gasteiger partial charge in [-0.25, -0.2) is 4.98 Å². The lowest BCUT2D eigenvalue weighted by atomic mass is 9.77. The Kier molecular flexibility index (Phi) is 5.41. The third-order valence-electron chi connectivity index (χ3n) is 5.32. The average Bonchev–Trinajstić information content (AvgIpc) is 3.29. The fourth-order valence-electron chi connectivity index (χ4n) is 3.84. The van der Waals surface area contributed by atoms with E-state index in [1.165, 1.54) is 17.8 Å². The van der Waals surface area contributed by atoms with E-state index in [0.717, 1.165) is 38.4 Å². The molecule has 1 atom stereocenters. The lowest BCUT2D eigenvalue weighted by molar-refractivity contribution is 0.00554. The van der Waals surface area contributed by atoms with E-state index in [2.05, 4.69) is 20.2 Å². The fraction of sp³-hybridized carbons (Fsp3) is 0.579. The molecule has 0 aliphatic carbocycles. The summed E-state index contributed by atoms with van der Waals surface area (Å²) in [6.07, 6.45) is 7.49. The summed E-state index contributed by atoms with van der Waals surface area (Å²) in [6, 6.07) is 5.91. The van der Waals surface area contributed by atoms with E-state index in [9.17, 15) is 0 Å². The van der Waals surface area contributed by atoms with Crippen molar-refractivity contribution in [3.8, 4) is 0 Å². The SMILES string of the molecule is c1ccc(COC[C@H]2CC3(CCN(Cc4nccs4)CC3)CO2)nc1. The summed E-state index contributed by atoms with van der Waals surface area (Å²) in [7, 11) is 0. The molecule has 0 amide bonds. The van der Waals surface area contributed by atoms with E-state index in [1.54, 1.807) is 17.5 Å². The predicted octanol–water partition coefficient (Wildman–Crippen LogP) is 3.13. The van der Waals surface area contributed by atoms with Gasteiger partial charge in [0.2, 0.25) is 0 Å². The maximum absolute atomic E-state index is 6.05. The number of piperidine rings is 1. The average molecular weight is 359 g/mol. The molecule has 2 fully saturated rings. The summed E-state index contributed by atoms with van der Waals surface area (Å²) >= 11 is 1.75. The van der Waals surface area contributed by atoms with Crippen molar-refractivity contribution in [2.75, 3.05) is 26.3 Å². The van der Waals surface area contributed by atoms with Crippen molar-refractivity contribution >= 4 is 11.3 Å². The number of ether oxygens (including phenoxy) is 2. The van der Waals surface area contributed by atoms with Crippen molar-refractivity contribution in [3.05, 3.63) is 46.7 Å². The van der Waals surface area contributed by atoms with Crippen molar-refractivity contribution in [2.45, 2.75) is 38.5 Å². The van der Waals surface area contributed by atoms with Gasteiger partial charge in [0, 0.05) is 17.8 Å². The third-order valence-corrected chi connectivity index (χ3v) is 6.09. The van der Waals surface area contributed by atoms with Gasteiger partial charge < -0.3 is 9.47 Å². The Bertz CT molecular complexity index is 642. The zero-order chi connectivity index (χ0) is 17.0. The predicted molar refractivity (Wildman–Crippen MR) is 97.3 cm³/mol. The van der Waals surface area contributed by atoms with Crippen molar-refractivity contribution in [1.29, 1.82) is 0 Å². The van der Waals surface area contributed by atoms with E-state index in [0.29, 0.717) is 18.6 Å². The first kappa shape index (κ1) is 17.1. The summed E-state index contributed by atoms with van der Waals surface area (Å²) in [4.78, 5) is 11.2. The van der Waals surface area contributed by atoms with Crippen LogP contribution in [0, 0.1) is 5.41 Å². The first-order chi connectivity index (χ1) is 12.3. The third kappa shape index (κ3) is 4.44. The minimum absolute atomic E-state index is 0.231. The van der Waals surface area contributed by atoms with E-state index in [4.69, 9.17) is 9.47 Å². The molecule has 1 spiro atoms. The van der Waals surface area contributed by atoms with Crippen LogP contribution < -0.4 is 0 Å². The molecule has 0 N–H and O–H groups in total. The molecule has 0 unspecified atom stereocenters. The monoisotopic (exact) mass is 359 g/mol. The summed E-state index contributed by atoms with van der Waals surface area (Å²) in [5, 5.41) is 3.28. The van der Waals surface area contributed by atoms with E-state index >= 15 is 0 Å². The molecule has 0 bridgehead atoms. The van der Waals surface area contributed by atoms with Gasteiger partial charge in [-0.3, -0.25) is 9.88 Å². The van der Waals surface area contributed by atoms with Gasteiger partial charge >= 0.3 is 0 Å². The molecular weight excluding hydrogens is 334 g/mol. The van der Waals surface area contributed by atoms with Gasteiger partial charge in [0.25, 0.3) is 0 Å². The summed E-state index contributed by atoms with van der Waals surface area (Å²) in [6.45, 7) is 5.40. The van der Waals surface area contributed by atoms with Gasteiger partial charge in [0.1, 0.15) is 5.01 Å². The number of rotatable bonds is 6. The van der Waals surface area contributed by atoms with Crippen LogP contribution in [0.1, 0.15) is 30.0 Å². The van der Waals surface area contributed by atoms with Crippen LogP contribution in [-0.2, 0) is 22.6 Å². The van der Waals surface area contributed by atoms with Crippen molar-refractivity contribution in [1.82, 2.24) is 14.9 Å². The molecule has 2 saturated heterocycles. The minimum atomic E-state index is 0.231. The summed E-state index contributed by atoms with van der Waals surface area (Å²) in [5.74, 6) is 0. The Labute approximate surface area is 153 Å². The van der Waals surface area contributed by atoms with Crippen molar-refractivity contribution in [2.24, 2.45) is 5.41 Å². The largest absolute Gasteiger partial charge is 0.375 e.